The Morgan fingerprint density at radius 1 is 0.926 bits per heavy atom. The van der Waals surface area contributed by atoms with Crippen molar-refractivity contribution in [3.8, 4) is 11.5 Å². The second kappa shape index (κ2) is 7.53. The second-order valence-corrected chi connectivity index (χ2v) is 6.12. The van der Waals surface area contributed by atoms with E-state index in [0.29, 0.717) is 17.1 Å². The number of fused-ring (bicyclic) bond motifs is 1. The highest BCUT2D eigenvalue weighted by molar-refractivity contribution is 6.12. The zero-order chi connectivity index (χ0) is 19.6. The number of para-hydroxylation sites is 1. The molecule has 0 aliphatic carbocycles. The minimum atomic E-state index is -0.968. The molecule has 0 bridgehead atoms. The first kappa shape index (κ1) is 18.5. The van der Waals surface area contributed by atoms with E-state index >= 15 is 0 Å². The molecule has 1 aromatic heterocycles. The van der Waals surface area contributed by atoms with Crippen LogP contribution in [0.25, 0.3) is 10.9 Å². The summed E-state index contributed by atoms with van der Waals surface area (Å²) in [6.07, 6.45) is -0.968. The first-order chi connectivity index (χ1) is 13.0. The summed E-state index contributed by atoms with van der Waals surface area (Å²) in [7, 11) is 2.91. The van der Waals surface area contributed by atoms with E-state index in [1.165, 1.54) is 14.2 Å². The lowest BCUT2D eigenvalue weighted by molar-refractivity contribution is 0.0313. The predicted molar refractivity (Wildman–Crippen MR) is 102 cm³/mol. The van der Waals surface area contributed by atoms with E-state index in [4.69, 9.17) is 14.2 Å². The molecule has 0 unspecified atom stereocenters. The summed E-state index contributed by atoms with van der Waals surface area (Å²) in [5, 5.41) is 0.803. The average Bonchev–Trinajstić information content (AvgIpc) is 3.01. The Morgan fingerprint density at radius 3 is 2.19 bits per heavy atom. The van der Waals surface area contributed by atoms with Crippen molar-refractivity contribution >= 4 is 22.7 Å². The molecule has 6 nitrogen and oxygen atoms in total. The van der Waals surface area contributed by atoms with Gasteiger partial charge in [0.25, 0.3) is 0 Å². The molecule has 6 heteroatoms. The van der Waals surface area contributed by atoms with E-state index in [1.807, 2.05) is 31.2 Å². The third-order valence-electron chi connectivity index (χ3n) is 4.42. The number of rotatable bonds is 6. The molecule has 1 atom stereocenters. The average molecular weight is 367 g/mol. The van der Waals surface area contributed by atoms with E-state index in [0.717, 1.165) is 16.6 Å². The SMILES string of the molecule is COc1cccc(OC)c1C(=O)O[C@H](C)C(=O)c1c(C)[nH]c2ccccc12. The number of aromatic amines is 1. The molecule has 3 rings (SSSR count). The number of benzene rings is 2. The lowest BCUT2D eigenvalue weighted by Gasteiger charge is -2.16. The molecule has 0 aliphatic rings. The van der Waals surface area contributed by atoms with Gasteiger partial charge >= 0.3 is 5.97 Å². The molecule has 0 radical (unpaired) electrons. The fourth-order valence-corrected chi connectivity index (χ4v) is 3.12. The molecule has 3 aromatic rings. The second-order valence-electron chi connectivity index (χ2n) is 6.12. The van der Waals surface area contributed by atoms with Gasteiger partial charge in [0.1, 0.15) is 17.1 Å². The van der Waals surface area contributed by atoms with Crippen LogP contribution in [0.3, 0.4) is 0 Å². The van der Waals surface area contributed by atoms with Gasteiger partial charge in [-0.3, -0.25) is 4.79 Å². The Labute approximate surface area is 157 Å². The molecule has 0 saturated heterocycles. The number of H-pyrrole nitrogens is 1. The van der Waals surface area contributed by atoms with Crippen LogP contribution in [0, 0.1) is 6.92 Å². The fraction of sp³-hybridized carbons (Fsp3) is 0.238. The van der Waals surface area contributed by atoms with Gasteiger partial charge in [0, 0.05) is 22.2 Å². The summed E-state index contributed by atoms with van der Waals surface area (Å²) < 4.78 is 15.9. The van der Waals surface area contributed by atoms with Gasteiger partial charge in [-0.05, 0) is 32.0 Å². The first-order valence-corrected chi connectivity index (χ1v) is 8.51. The van der Waals surface area contributed by atoms with Gasteiger partial charge in [-0.2, -0.15) is 0 Å². The first-order valence-electron chi connectivity index (χ1n) is 8.51. The highest BCUT2D eigenvalue weighted by Crippen LogP contribution is 2.30. The van der Waals surface area contributed by atoms with Crippen LogP contribution in [0.2, 0.25) is 0 Å². The van der Waals surface area contributed by atoms with E-state index in [9.17, 15) is 9.59 Å². The maximum Gasteiger partial charge on any atom is 0.346 e. The highest BCUT2D eigenvalue weighted by Gasteiger charge is 2.27. The largest absolute Gasteiger partial charge is 0.496 e. The zero-order valence-corrected chi connectivity index (χ0v) is 15.7. The van der Waals surface area contributed by atoms with E-state index < -0.39 is 12.1 Å². The summed E-state index contributed by atoms with van der Waals surface area (Å²) in [6.45, 7) is 3.38. The standard InChI is InChI=1S/C21H21NO5/c1-12-18(14-8-5-6-9-15(14)22-12)20(23)13(2)27-21(24)19-16(25-3)10-7-11-17(19)26-4/h5-11,13,22H,1-4H3/t13-/m1/s1. The minimum Gasteiger partial charge on any atom is -0.496 e. The summed E-state index contributed by atoms with van der Waals surface area (Å²) in [5.74, 6) is -0.306. The van der Waals surface area contributed by atoms with Gasteiger partial charge in [-0.15, -0.1) is 0 Å². The lowest BCUT2D eigenvalue weighted by atomic mass is 10.0. The van der Waals surface area contributed by atoms with E-state index in [2.05, 4.69) is 4.98 Å². The number of Topliss-reactive ketones (excluding diaryl/α,β-unsaturated/α-hetero) is 1. The quantitative estimate of drug-likeness (QED) is 0.528. The molecular formula is C21H21NO5. The number of carbonyl (C=O) groups excluding carboxylic acids is 2. The smallest absolute Gasteiger partial charge is 0.346 e. The van der Waals surface area contributed by atoms with Crippen molar-refractivity contribution in [3.63, 3.8) is 0 Å². The van der Waals surface area contributed by atoms with Crippen molar-refractivity contribution in [2.45, 2.75) is 20.0 Å². The maximum atomic E-state index is 13.0. The molecule has 0 amide bonds. The van der Waals surface area contributed by atoms with Crippen LogP contribution < -0.4 is 9.47 Å². The Bertz CT molecular complexity index is 983. The van der Waals surface area contributed by atoms with Gasteiger partial charge in [0.15, 0.2) is 6.10 Å². The number of hydrogen-bond acceptors (Lipinski definition) is 5. The summed E-state index contributed by atoms with van der Waals surface area (Å²) in [4.78, 5) is 28.8. The Kier molecular flexibility index (Phi) is 5.16. The number of carbonyl (C=O) groups is 2. The summed E-state index contributed by atoms with van der Waals surface area (Å²) in [6, 6.07) is 12.5. The molecule has 140 valence electrons. The normalized spacial score (nSPS) is 11.9. The van der Waals surface area contributed by atoms with Crippen molar-refractivity contribution in [1.82, 2.24) is 4.98 Å². The monoisotopic (exact) mass is 367 g/mol. The van der Waals surface area contributed by atoms with Crippen molar-refractivity contribution in [2.24, 2.45) is 0 Å². The number of methoxy groups -OCH3 is 2. The van der Waals surface area contributed by atoms with Gasteiger partial charge < -0.3 is 19.2 Å². The van der Waals surface area contributed by atoms with Gasteiger partial charge in [-0.25, -0.2) is 4.79 Å². The third-order valence-corrected chi connectivity index (χ3v) is 4.42. The molecule has 0 saturated carbocycles. The third kappa shape index (κ3) is 3.38. The van der Waals surface area contributed by atoms with Crippen LogP contribution in [0.1, 0.15) is 33.3 Å². The molecule has 1 heterocycles. The van der Waals surface area contributed by atoms with Gasteiger partial charge in [0.2, 0.25) is 5.78 Å². The predicted octanol–water partition coefficient (Wildman–Crippen LogP) is 3.92. The van der Waals surface area contributed by atoms with Crippen molar-refractivity contribution < 1.29 is 23.8 Å². The summed E-state index contributed by atoms with van der Waals surface area (Å²) in [5.41, 5.74) is 2.28. The Balaban J connectivity index is 1.89. The molecule has 0 fully saturated rings. The fourth-order valence-electron chi connectivity index (χ4n) is 3.12. The number of ketones is 1. The number of ether oxygens (including phenoxy) is 3. The minimum absolute atomic E-state index is 0.151. The van der Waals surface area contributed by atoms with Gasteiger partial charge in [-0.1, -0.05) is 24.3 Å². The molecule has 0 aliphatic heterocycles. The van der Waals surface area contributed by atoms with Crippen molar-refractivity contribution in [1.29, 1.82) is 0 Å². The number of nitrogens with one attached hydrogen (secondary N) is 1. The number of hydrogen-bond donors (Lipinski definition) is 1. The Morgan fingerprint density at radius 2 is 1.56 bits per heavy atom. The highest BCUT2D eigenvalue weighted by atomic mass is 16.6. The van der Waals surface area contributed by atoms with Crippen molar-refractivity contribution in [2.75, 3.05) is 14.2 Å². The van der Waals surface area contributed by atoms with E-state index in [1.54, 1.807) is 25.1 Å². The zero-order valence-electron chi connectivity index (χ0n) is 15.7. The van der Waals surface area contributed by atoms with E-state index in [-0.39, 0.29) is 11.3 Å². The summed E-state index contributed by atoms with van der Waals surface area (Å²) >= 11 is 0. The van der Waals surface area contributed by atoms with Crippen LogP contribution in [0.5, 0.6) is 11.5 Å². The molecular weight excluding hydrogens is 346 g/mol. The van der Waals surface area contributed by atoms with Crippen LogP contribution in [-0.4, -0.2) is 37.1 Å². The van der Waals surface area contributed by atoms with Gasteiger partial charge in [0.05, 0.1) is 14.2 Å². The Hall–Kier alpha value is -3.28. The molecule has 27 heavy (non-hydrogen) atoms. The van der Waals surface area contributed by atoms with Crippen LogP contribution in [0.4, 0.5) is 0 Å². The number of aromatic nitrogens is 1. The molecule has 0 spiro atoms. The topological polar surface area (TPSA) is 77.6 Å². The van der Waals surface area contributed by atoms with Crippen LogP contribution in [-0.2, 0) is 4.74 Å². The lowest BCUT2D eigenvalue weighted by Crippen LogP contribution is -2.25. The number of aryl methyl sites for hydroxylation is 1. The molecule has 1 N–H and O–H groups in total. The van der Waals surface area contributed by atoms with Crippen LogP contribution in [0.15, 0.2) is 42.5 Å². The van der Waals surface area contributed by atoms with Crippen molar-refractivity contribution in [3.05, 3.63) is 59.3 Å². The maximum absolute atomic E-state index is 13.0. The van der Waals surface area contributed by atoms with Crippen LogP contribution >= 0.6 is 0 Å². The number of esters is 1. The molecule has 2 aromatic carbocycles.